The van der Waals surface area contributed by atoms with Crippen LogP contribution in [-0.2, 0) is 4.79 Å². The Morgan fingerprint density at radius 3 is 2.21 bits per heavy atom. The highest BCUT2D eigenvalue weighted by Gasteiger charge is 2.52. The van der Waals surface area contributed by atoms with E-state index < -0.39 is 24.0 Å². The van der Waals surface area contributed by atoms with Crippen molar-refractivity contribution in [3.8, 4) is 0 Å². The first-order chi connectivity index (χ1) is 8.50. The van der Waals surface area contributed by atoms with Crippen LogP contribution < -0.4 is 0 Å². The summed E-state index contributed by atoms with van der Waals surface area (Å²) in [5.74, 6) is -4.41. The fraction of sp³-hybridized carbons (Fsp3) is 0.923. The van der Waals surface area contributed by atoms with Gasteiger partial charge in [0.1, 0.15) is 0 Å². The highest BCUT2D eigenvalue weighted by Crippen LogP contribution is 2.37. The molecule has 3 nitrogen and oxygen atoms in total. The maximum atomic E-state index is 12.8. The quantitative estimate of drug-likeness (QED) is 0.861. The monoisotopic (exact) mass is 281 g/mol. The maximum absolute atomic E-state index is 12.8. The Kier molecular flexibility index (Phi) is 4.87. The third-order valence-corrected chi connectivity index (χ3v) is 3.53. The zero-order chi connectivity index (χ0) is 14.8. The lowest BCUT2D eigenvalue weighted by Gasteiger charge is -2.21. The van der Waals surface area contributed by atoms with E-state index in [0.29, 0.717) is 6.54 Å². The van der Waals surface area contributed by atoms with Crippen molar-refractivity contribution in [2.75, 3.05) is 19.6 Å². The second-order valence-electron chi connectivity index (χ2n) is 6.52. The molecule has 1 saturated heterocycles. The van der Waals surface area contributed by atoms with E-state index in [1.807, 2.05) is 0 Å². The molecule has 0 amide bonds. The molecule has 0 aliphatic carbocycles. The molecule has 1 aliphatic rings. The first-order valence-electron chi connectivity index (χ1n) is 6.52. The molecule has 0 bridgehead atoms. The van der Waals surface area contributed by atoms with Crippen molar-refractivity contribution < 1.29 is 23.1 Å². The number of aliphatic carboxylic acids is 1. The zero-order valence-electron chi connectivity index (χ0n) is 11.6. The molecule has 2 atom stereocenters. The zero-order valence-corrected chi connectivity index (χ0v) is 11.6. The van der Waals surface area contributed by atoms with E-state index >= 15 is 0 Å². The number of rotatable bonds is 4. The Balaban J connectivity index is 2.54. The number of hydrogen-bond donors (Lipinski definition) is 1. The van der Waals surface area contributed by atoms with Gasteiger partial charge in [0.05, 0.1) is 11.8 Å². The smallest absolute Gasteiger partial charge is 0.393 e. The number of carboxylic acid groups (broad SMARTS) is 1. The third-order valence-electron chi connectivity index (χ3n) is 3.53. The van der Waals surface area contributed by atoms with Crippen LogP contribution in [0, 0.1) is 17.3 Å². The summed E-state index contributed by atoms with van der Waals surface area (Å²) in [7, 11) is 0. The average molecular weight is 281 g/mol. The molecule has 0 spiro atoms. The number of alkyl halides is 3. The summed E-state index contributed by atoms with van der Waals surface area (Å²) >= 11 is 0. The highest BCUT2D eigenvalue weighted by molar-refractivity contribution is 5.71. The van der Waals surface area contributed by atoms with Crippen LogP contribution in [-0.4, -0.2) is 41.8 Å². The van der Waals surface area contributed by atoms with Crippen LogP contribution in [0.3, 0.4) is 0 Å². The molecule has 0 aromatic rings. The van der Waals surface area contributed by atoms with Gasteiger partial charge in [0.25, 0.3) is 0 Å². The van der Waals surface area contributed by atoms with E-state index in [2.05, 4.69) is 20.8 Å². The molecular weight excluding hydrogens is 259 g/mol. The first-order valence-corrected chi connectivity index (χ1v) is 6.52. The Hall–Kier alpha value is -0.780. The molecule has 1 rings (SSSR count). The van der Waals surface area contributed by atoms with Gasteiger partial charge in [-0.25, -0.2) is 0 Å². The van der Waals surface area contributed by atoms with E-state index in [9.17, 15) is 18.0 Å². The predicted octanol–water partition coefficient (Wildman–Crippen LogP) is 3.01. The van der Waals surface area contributed by atoms with E-state index in [4.69, 9.17) is 5.11 Å². The summed E-state index contributed by atoms with van der Waals surface area (Å²) in [5.41, 5.74) is 0.148. The van der Waals surface area contributed by atoms with Crippen molar-refractivity contribution in [2.45, 2.75) is 39.8 Å². The molecule has 0 radical (unpaired) electrons. The fourth-order valence-corrected chi connectivity index (χ4v) is 2.48. The second-order valence-corrected chi connectivity index (χ2v) is 6.52. The van der Waals surface area contributed by atoms with Gasteiger partial charge in [-0.2, -0.15) is 13.2 Å². The molecule has 112 valence electrons. The first kappa shape index (κ1) is 16.3. The molecule has 1 aliphatic heterocycles. The molecule has 6 heteroatoms. The number of likely N-dealkylation sites (tertiary alicyclic amines) is 1. The molecule has 1 fully saturated rings. The lowest BCUT2D eigenvalue weighted by Crippen LogP contribution is -2.33. The summed E-state index contributed by atoms with van der Waals surface area (Å²) in [6.07, 6.45) is -2.72. The number of carbonyl (C=O) groups is 1. The van der Waals surface area contributed by atoms with E-state index in [0.717, 1.165) is 12.8 Å². The maximum Gasteiger partial charge on any atom is 0.393 e. The Labute approximate surface area is 111 Å². The second kappa shape index (κ2) is 5.69. The fourth-order valence-electron chi connectivity index (χ4n) is 2.48. The molecule has 0 unspecified atom stereocenters. The van der Waals surface area contributed by atoms with Crippen LogP contribution in [0.2, 0.25) is 0 Å². The minimum atomic E-state index is -4.43. The third kappa shape index (κ3) is 5.01. The van der Waals surface area contributed by atoms with Crippen molar-refractivity contribution in [3.05, 3.63) is 0 Å². The van der Waals surface area contributed by atoms with Gasteiger partial charge in [-0.05, 0) is 24.8 Å². The average Bonchev–Trinajstić information content (AvgIpc) is 2.59. The summed E-state index contributed by atoms with van der Waals surface area (Å²) in [6, 6.07) is 0. The molecule has 1 N–H and O–H groups in total. The van der Waals surface area contributed by atoms with Crippen molar-refractivity contribution in [2.24, 2.45) is 17.3 Å². The SMILES string of the molecule is CC(C)(C)CCCN1C[C@@H](C(F)(F)F)[C@H](C(=O)O)C1. The molecule has 0 aromatic carbocycles. The summed E-state index contributed by atoms with van der Waals surface area (Å²) < 4.78 is 38.3. The van der Waals surface area contributed by atoms with Gasteiger partial charge in [0, 0.05) is 13.1 Å². The Morgan fingerprint density at radius 2 is 1.84 bits per heavy atom. The molecule has 0 aromatic heterocycles. The number of nitrogens with zero attached hydrogens (tertiary/aromatic N) is 1. The van der Waals surface area contributed by atoms with Crippen LogP contribution in [0.1, 0.15) is 33.6 Å². The van der Waals surface area contributed by atoms with Gasteiger partial charge in [-0.3, -0.25) is 4.79 Å². The molecular formula is C13H22F3NO2. The number of halogens is 3. The lowest BCUT2D eigenvalue weighted by molar-refractivity contribution is -0.188. The molecule has 19 heavy (non-hydrogen) atoms. The van der Waals surface area contributed by atoms with Gasteiger partial charge in [0.15, 0.2) is 0 Å². The van der Waals surface area contributed by atoms with E-state index in [1.165, 1.54) is 0 Å². The van der Waals surface area contributed by atoms with Crippen molar-refractivity contribution >= 4 is 5.97 Å². The van der Waals surface area contributed by atoms with E-state index in [-0.39, 0.29) is 18.5 Å². The summed E-state index contributed by atoms with van der Waals surface area (Å²) in [5, 5.41) is 8.89. The van der Waals surface area contributed by atoms with Gasteiger partial charge < -0.3 is 10.0 Å². The topological polar surface area (TPSA) is 40.5 Å². The normalized spacial score (nSPS) is 25.8. The summed E-state index contributed by atoms with van der Waals surface area (Å²) in [6.45, 7) is 6.59. The van der Waals surface area contributed by atoms with Crippen LogP contribution in [0.25, 0.3) is 0 Å². The largest absolute Gasteiger partial charge is 0.481 e. The van der Waals surface area contributed by atoms with Gasteiger partial charge in [-0.15, -0.1) is 0 Å². The minimum Gasteiger partial charge on any atom is -0.481 e. The van der Waals surface area contributed by atoms with E-state index in [1.54, 1.807) is 4.90 Å². The van der Waals surface area contributed by atoms with Crippen LogP contribution >= 0.6 is 0 Å². The molecule has 1 heterocycles. The van der Waals surface area contributed by atoms with Crippen LogP contribution in [0.15, 0.2) is 0 Å². The Bertz CT molecular complexity index is 323. The van der Waals surface area contributed by atoms with Gasteiger partial charge in [-0.1, -0.05) is 20.8 Å². The minimum absolute atomic E-state index is 0.00362. The summed E-state index contributed by atoms with van der Waals surface area (Å²) in [4.78, 5) is 12.5. The number of carboxylic acids is 1. The van der Waals surface area contributed by atoms with Crippen molar-refractivity contribution in [1.29, 1.82) is 0 Å². The highest BCUT2D eigenvalue weighted by atomic mass is 19.4. The van der Waals surface area contributed by atoms with Crippen molar-refractivity contribution in [1.82, 2.24) is 4.90 Å². The van der Waals surface area contributed by atoms with Crippen LogP contribution in [0.5, 0.6) is 0 Å². The lowest BCUT2D eigenvalue weighted by atomic mass is 9.90. The van der Waals surface area contributed by atoms with Gasteiger partial charge >= 0.3 is 12.1 Å². The number of hydrogen-bond acceptors (Lipinski definition) is 2. The van der Waals surface area contributed by atoms with Crippen molar-refractivity contribution in [3.63, 3.8) is 0 Å². The standard InChI is InChI=1S/C13H22F3NO2/c1-12(2,3)5-4-6-17-7-9(11(18)19)10(8-17)13(14,15)16/h9-10H,4-8H2,1-3H3,(H,18,19)/t9-,10-/m1/s1. The molecule has 0 saturated carbocycles. The van der Waals surface area contributed by atoms with Crippen LogP contribution in [0.4, 0.5) is 13.2 Å². The van der Waals surface area contributed by atoms with Gasteiger partial charge in [0.2, 0.25) is 0 Å². The predicted molar refractivity (Wildman–Crippen MR) is 65.8 cm³/mol. The Morgan fingerprint density at radius 1 is 1.26 bits per heavy atom.